The summed E-state index contributed by atoms with van der Waals surface area (Å²) >= 11 is 1.60. The van der Waals surface area contributed by atoms with E-state index >= 15 is 0 Å². The summed E-state index contributed by atoms with van der Waals surface area (Å²) in [5.41, 5.74) is 1.50. The molecule has 25 heavy (non-hydrogen) atoms. The predicted molar refractivity (Wildman–Crippen MR) is 98.9 cm³/mol. The standard InChI is InChI=1S/C18H23N3O3S/c1-4-16(22)20-13-6-5-7-15(8-13)24-10-17(23)19-9-14-11-25-18(21-14)12(2)3/h5-8,11-12H,4,9-10H2,1-3H3,(H,19,23)(H,20,22). The number of anilines is 1. The molecule has 0 aliphatic rings. The Hall–Kier alpha value is -2.41. The van der Waals surface area contributed by atoms with Gasteiger partial charge in [-0.3, -0.25) is 9.59 Å². The second kappa shape index (κ2) is 9.17. The number of amides is 2. The Morgan fingerprint density at radius 3 is 2.76 bits per heavy atom. The van der Waals surface area contributed by atoms with Gasteiger partial charge in [-0.1, -0.05) is 26.8 Å². The minimum Gasteiger partial charge on any atom is -0.484 e. The Morgan fingerprint density at radius 2 is 2.08 bits per heavy atom. The molecule has 1 aromatic carbocycles. The molecule has 7 heteroatoms. The van der Waals surface area contributed by atoms with E-state index in [1.54, 1.807) is 42.5 Å². The van der Waals surface area contributed by atoms with E-state index in [2.05, 4.69) is 29.5 Å². The number of rotatable bonds is 8. The average molecular weight is 361 g/mol. The molecule has 2 aromatic rings. The molecular formula is C18H23N3O3S. The number of carbonyl (C=O) groups is 2. The number of benzene rings is 1. The molecule has 2 N–H and O–H groups in total. The van der Waals surface area contributed by atoms with Gasteiger partial charge in [-0.25, -0.2) is 4.98 Å². The van der Waals surface area contributed by atoms with Crippen molar-refractivity contribution in [3.63, 3.8) is 0 Å². The maximum absolute atomic E-state index is 11.9. The highest BCUT2D eigenvalue weighted by atomic mass is 32.1. The van der Waals surface area contributed by atoms with Crippen LogP contribution in [0.25, 0.3) is 0 Å². The molecule has 0 bridgehead atoms. The number of carbonyl (C=O) groups excluding carboxylic acids is 2. The SMILES string of the molecule is CCC(=O)Nc1cccc(OCC(=O)NCc2csc(C(C)C)n2)c1. The molecule has 0 saturated carbocycles. The van der Waals surface area contributed by atoms with E-state index in [-0.39, 0.29) is 18.4 Å². The number of aromatic nitrogens is 1. The zero-order valence-electron chi connectivity index (χ0n) is 14.7. The summed E-state index contributed by atoms with van der Waals surface area (Å²) in [6.07, 6.45) is 0.405. The lowest BCUT2D eigenvalue weighted by molar-refractivity contribution is -0.123. The quantitative estimate of drug-likeness (QED) is 0.756. The normalized spacial score (nSPS) is 10.6. The number of ether oxygens (including phenoxy) is 1. The van der Waals surface area contributed by atoms with Gasteiger partial charge in [0.15, 0.2) is 6.61 Å². The largest absolute Gasteiger partial charge is 0.484 e. The van der Waals surface area contributed by atoms with Crippen LogP contribution in [-0.2, 0) is 16.1 Å². The number of nitrogens with one attached hydrogen (secondary N) is 2. The summed E-state index contributed by atoms with van der Waals surface area (Å²) < 4.78 is 5.47. The molecular weight excluding hydrogens is 338 g/mol. The predicted octanol–water partition coefficient (Wildman–Crippen LogP) is 3.31. The number of nitrogens with zero attached hydrogens (tertiary/aromatic N) is 1. The second-order valence-electron chi connectivity index (χ2n) is 5.83. The maximum Gasteiger partial charge on any atom is 0.258 e. The van der Waals surface area contributed by atoms with Gasteiger partial charge in [0.25, 0.3) is 5.91 Å². The van der Waals surface area contributed by atoms with Gasteiger partial charge >= 0.3 is 0 Å². The van der Waals surface area contributed by atoms with E-state index in [4.69, 9.17) is 4.74 Å². The molecule has 1 heterocycles. The number of hydrogen-bond donors (Lipinski definition) is 2. The van der Waals surface area contributed by atoms with Crippen LogP contribution in [0.4, 0.5) is 5.69 Å². The van der Waals surface area contributed by atoms with Crippen LogP contribution in [0.3, 0.4) is 0 Å². The van der Waals surface area contributed by atoms with Gasteiger partial charge in [0.05, 0.1) is 17.2 Å². The fourth-order valence-corrected chi connectivity index (χ4v) is 2.81. The Kier molecular flexibility index (Phi) is 6.94. The molecule has 0 spiro atoms. The summed E-state index contributed by atoms with van der Waals surface area (Å²) in [5, 5.41) is 8.56. The lowest BCUT2D eigenvalue weighted by Crippen LogP contribution is -2.28. The Bertz CT molecular complexity index is 728. The van der Waals surface area contributed by atoms with Crippen molar-refractivity contribution in [1.29, 1.82) is 0 Å². The fraction of sp³-hybridized carbons (Fsp3) is 0.389. The molecule has 0 aliphatic heterocycles. The van der Waals surface area contributed by atoms with Crippen molar-refractivity contribution in [2.24, 2.45) is 0 Å². The summed E-state index contributed by atoms with van der Waals surface area (Å²) in [6, 6.07) is 6.97. The van der Waals surface area contributed by atoms with E-state index in [0.29, 0.717) is 30.3 Å². The van der Waals surface area contributed by atoms with E-state index in [1.165, 1.54) is 0 Å². The van der Waals surface area contributed by atoms with Crippen molar-refractivity contribution in [3.8, 4) is 5.75 Å². The van der Waals surface area contributed by atoms with Crippen molar-refractivity contribution < 1.29 is 14.3 Å². The highest BCUT2D eigenvalue weighted by Crippen LogP contribution is 2.19. The first kappa shape index (κ1) is 18.9. The van der Waals surface area contributed by atoms with Crippen LogP contribution in [0.2, 0.25) is 0 Å². The molecule has 0 saturated heterocycles. The first-order valence-corrected chi connectivity index (χ1v) is 9.09. The van der Waals surface area contributed by atoms with Crippen molar-refractivity contribution in [2.75, 3.05) is 11.9 Å². The Morgan fingerprint density at radius 1 is 1.28 bits per heavy atom. The zero-order valence-corrected chi connectivity index (χ0v) is 15.5. The molecule has 0 atom stereocenters. The summed E-state index contributed by atoms with van der Waals surface area (Å²) in [7, 11) is 0. The first-order valence-electron chi connectivity index (χ1n) is 8.21. The molecule has 0 unspecified atom stereocenters. The highest BCUT2D eigenvalue weighted by Gasteiger charge is 2.08. The van der Waals surface area contributed by atoms with Gasteiger partial charge in [-0.05, 0) is 12.1 Å². The third-order valence-electron chi connectivity index (χ3n) is 3.34. The van der Waals surface area contributed by atoms with Crippen molar-refractivity contribution in [2.45, 2.75) is 39.7 Å². The van der Waals surface area contributed by atoms with Crippen molar-refractivity contribution in [3.05, 3.63) is 40.3 Å². The smallest absolute Gasteiger partial charge is 0.258 e. The zero-order chi connectivity index (χ0) is 18.2. The lowest BCUT2D eigenvalue weighted by Gasteiger charge is -2.09. The Labute approximate surface area is 151 Å². The van der Waals surface area contributed by atoms with Gasteiger partial charge in [0.1, 0.15) is 5.75 Å². The van der Waals surface area contributed by atoms with Gasteiger partial charge in [-0.2, -0.15) is 0 Å². The van der Waals surface area contributed by atoms with Crippen LogP contribution < -0.4 is 15.4 Å². The van der Waals surface area contributed by atoms with Crippen LogP contribution in [-0.4, -0.2) is 23.4 Å². The number of thiazole rings is 1. The molecule has 0 radical (unpaired) electrons. The maximum atomic E-state index is 11.9. The van der Waals surface area contributed by atoms with Gasteiger partial charge in [-0.15, -0.1) is 11.3 Å². The van der Waals surface area contributed by atoms with Gasteiger partial charge in [0, 0.05) is 29.5 Å². The molecule has 134 valence electrons. The highest BCUT2D eigenvalue weighted by molar-refractivity contribution is 7.09. The average Bonchev–Trinajstić information content (AvgIpc) is 3.07. The molecule has 6 nitrogen and oxygen atoms in total. The van der Waals surface area contributed by atoms with Gasteiger partial charge < -0.3 is 15.4 Å². The molecule has 2 amide bonds. The van der Waals surface area contributed by atoms with Gasteiger partial charge in [0.2, 0.25) is 5.91 Å². The van der Waals surface area contributed by atoms with E-state index in [1.807, 2.05) is 5.38 Å². The van der Waals surface area contributed by atoms with Crippen LogP contribution in [0.5, 0.6) is 5.75 Å². The third kappa shape index (κ3) is 6.19. The van der Waals surface area contributed by atoms with E-state index in [0.717, 1.165) is 10.7 Å². The summed E-state index contributed by atoms with van der Waals surface area (Å²) in [4.78, 5) is 27.8. The first-order chi connectivity index (χ1) is 12.0. The molecule has 0 aliphatic carbocycles. The molecule has 1 aromatic heterocycles. The van der Waals surface area contributed by atoms with Crippen LogP contribution in [0, 0.1) is 0 Å². The summed E-state index contributed by atoms with van der Waals surface area (Å²) in [5.74, 6) is 0.624. The topological polar surface area (TPSA) is 80.3 Å². The van der Waals surface area contributed by atoms with Crippen molar-refractivity contribution >= 4 is 28.8 Å². The van der Waals surface area contributed by atoms with Crippen molar-refractivity contribution in [1.82, 2.24) is 10.3 Å². The minimum absolute atomic E-state index is 0.0704. The number of hydrogen-bond acceptors (Lipinski definition) is 5. The van der Waals surface area contributed by atoms with E-state index in [9.17, 15) is 9.59 Å². The minimum atomic E-state index is -0.220. The Balaban J connectivity index is 1.79. The third-order valence-corrected chi connectivity index (χ3v) is 4.53. The van der Waals surface area contributed by atoms with Crippen LogP contribution >= 0.6 is 11.3 Å². The van der Waals surface area contributed by atoms with E-state index < -0.39 is 0 Å². The summed E-state index contributed by atoms with van der Waals surface area (Å²) in [6.45, 7) is 6.26. The fourth-order valence-electron chi connectivity index (χ4n) is 1.97. The molecule has 0 fully saturated rings. The lowest BCUT2D eigenvalue weighted by atomic mass is 10.2. The molecule has 2 rings (SSSR count). The van der Waals surface area contributed by atoms with Crippen LogP contribution in [0.15, 0.2) is 29.6 Å². The van der Waals surface area contributed by atoms with Crippen LogP contribution in [0.1, 0.15) is 43.8 Å². The second-order valence-corrected chi connectivity index (χ2v) is 6.72. The monoisotopic (exact) mass is 361 g/mol.